The Hall–Kier alpha value is -1.00. The highest BCUT2D eigenvalue weighted by Gasteiger charge is 2.18. The van der Waals surface area contributed by atoms with Crippen LogP contribution in [0.5, 0.6) is 0 Å². The standard InChI is InChI=1S/C13H22N4/c1-2-14-9-12-4-7-17(8-5-12)10-13-3-6-15-11-16-13/h3,6,11-12,14H,2,4-5,7-10H2,1H3. The molecule has 2 rings (SSSR count). The predicted octanol–water partition coefficient (Wildman–Crippen LogP) is 1.30. The average Bonchev–Trinajstić information content (AvgIpc) is 2.39. The van der Waals surface area contributed by atoms with Crippen molar-refractivity contribution in [1.82, 2.24) is 20.2 Å². The molecule has 4 nitrogen and oxygen atoms in total. The van der Waals surface area contributed by atoms with E-state index in [-0.39, 0.29) is 0 Å². The summed E-state index contributed by atoms with van der Waals surface area (Å²) in [5.74, 6) is 0.858. The van der Waals surface area contributed by atoms with Crippen LogP contribution in [0.3, 0.4) is 0 Å². The van der Waals surface area contributed by atoms with Crippen molar-refractivity contribution in [3.05, 3.63) is 24.3 Å². The summed E-state index contributed by atoms with van der Waals surface area (Å²) in [6.45, 7) is 7.79. The smallest absolute Gasteiger partial charge is 0.115 e. The number of likely N-dealkylation sites (tertiary alicyclic amines) is 1. The van der Waals surface area contributed by atoms with Gasteiger partial charge in [-0.25, -0.2) is 9.97 Å². The molecule has 17 heavy (non-hydrogen) atoms. The number of piperidine rings is 1. The Morgan fingerprint density at radius 1 is 1.41 bits per heavy atom. The first-order chi connectivity index (χ1) is 8.38. The molecule has 1 aliphatic rings. The maximum atomic E-state index is 4.28. The molecule has 1 aromatic heterocycles. The third kappa shape index (κ3) is 4.06. The summed E-state index contributed by atoms with van der Waals surface area (Å²) >= 11 is 0. The first-order valence-electron chi connectivity index (χ1n) is 6.56. The molecular formula is C13H22N4. The molecule has 0 bridgehead atoms. The molecule has 0 aromatic carbocycles. The van der Waals surface area contributed by atoms with Gasteiger partial charge in [-0.3, -0.25) is 4.90 Å². The molecule has 1 saturated heterocycles. The minimum absolute atomic E-state index is 0.858. The Labute approximate surface area is 103 Å². The van der Waals surface area contributed by atoms with Gasteiger partial charge in [-0.1, -0.05) is 6.92 Å². The molecule has 0 atom stereocenters. The lowest BCUT2D eigenvalue weighted by Crippen LogP contribution is -2.37. The number of rotatable bonds is 5. The SMILES string of the molecule is CCNCC1CCN(Cc2ccncn2)CC1. The Morgan fingerprint density at radius 2 is 2.24 bits per heavy atom. The van der Waals surface area contributed by atoms with Gasteiger partial charge in [-0.05, 0) is 51.0 Å². The van der Waals surface area contributed by atoms with Gasteiger partial charge in [0.2, 0.25) is 0 Å². The molecule has 1 aliphatic heterocycles. The number of hydrogen-bond acceptors (Lipinski definition) is 4. The Bertz CT molecular complexity index is 306. The highest BCUT2D eigenvalue weighted by atomic mass is 15.1. The first-order valence-corrected chi connectivity index (χ1v) is 6.56. The lowest BCUT2D eigenvalue weighted by atomic mass is 9.96. The Kier molecular flexibility index (Phi) is 4.88. The molecule has 4 heteroatoms. The minimum Gasteiger partial charge on any atom is -0.317 e. The third-order valence-corrected chi connectivity index (χ3v) is 3.42. The van der Waals surface area contributed by atoms with Crippen molar-refractivity contribution in [2.75, 3.05) is 26.2 Å². The van der Waals surface area contributed by atoms with Crippen LogP contribution in [-0.2, 0) is 6.54 Å². The van der Waals surface area contributed by atoms with E-state index in [1.165, 1.54) is 32.5 Å². The maximum Gasteiger partial charge on any atom is 0.115 e. The van der Waals surface area contributed by atoms with Crippen LogP contribution in [0.25, 0.3) is 0 Å². The molecule has 2 heterocycles. The Morgan fingerprint density at radius 3 is 2.88 bits per heavy atom. The molecule has 1 N–H and O–H groups in total. The monoisotopic (exact) mass is 234 g/mol. The van der Waals surface area contributed by atoms with Gasteiger partial charge in [0.15, 0.2) is 0 Å². The zero-order valence-corrected chi connectivity index (χ0v) is 10.6. The molecule has 0 amide bonds. The molecular weight excluding hydrogens is 212 g/mol. The van der Waals surface area contributed by atoms with Crippen molar-refractivity contribution in [1.29, 1.82) is 0 Å². The van der Waals surface area contributed by atoms with E-state index in [9.17, 15) is 0 Å². The van der Waals surface area contributed by atoms with Gasteiger partial charge < -0.3 is 5.32 Å². The summed E-state index contributed by atoms with van der Waals surface area (Å²) in [7, 11) is 0. The molecule has 0 aliphatic carbocycles. The fourth-order valence-corrected chi connectivity index (χ4v) is 2.34. The van der Waals surface area contributed by atoms with Crippen molar-refractivity contribution in [3.8, 4) is 0 Å². The molecule has 0 radical (unpaired) electrons. The van der Waals surface area contributed by atoms with Gasteiger partial charge >= 0.3 is 0 Å². The fourth-order valence-electron chi connectivity index (χ4n) is 2.34. The topological polar surface area (TPSA) is 41.0 Å². The lowest BCUT2D eigenvalue weighted by molar-refractivity contribution is 0.174. The number of aromatic nitrogens is 2. The zero-order chi connectivity index (χ0) is 11.9. The van der Waals surface area contributed by atoms with E-state index in [0.29, 0.717) is 0 Å². The summed E-state index contributed by atoms with van der Waals surface area (Å²) in [4.78, 5) is 10.7. The summed E-state index contributed by atoms with van der Waals surface area (Å²) in [6, 6.07) is 2.00. The predicted molar refractivity (Wildman–Crippen MR) is 68.6 cm³/mol. The second-order valence-corrected chi connectivity index (χ2v) is 4.73. The highest BCUT2D eigenvalue weighted by Crippen LogP contribution is 2.17. The molecule has 0 spiro atoms. The van der Waals surface area contributed by atoms with Crippen LogP contribution in [0.1, 0.15) is 25.5 Å². The van der Waals surface area contributed by atoms with E-state index < -0.39 is 0 Å². The maximum absolute atomic E-state index is 4.28. The number of hydrogen-bond donors (Lipinski definition) is 1. The highest BCUT2D eigenvalue weighted by molar-refractivity contribution is 4.97. The Balaban J connectivity index is 1.72. The van der Waals surface area contributed by atoms with Crippen molar-refractivity contribution in [2.45, 2.75) is 26.3 Å². The first kappa shape index (κ1) is 12.5. The van der Waals surface area contributed by atoms with Crippen LogP contribution in [0, 0.1) is 5.92 Å². The summed E-state index contributed by atoms with van der Waals surface area (Å²) in [5, 5.41) is 3.44. The lowest BCUT2D eigenvalue weighted by Gasteiger charge is -2.31. The van der Waals surface area contributed by atoms with E-state index in [0.717, 1.165) is 24.7 Å². The van der Waals surface area contributed by atoms with Crippen LogP contribution in [-0.4, -0.2) is 41.0 Å². The quantitative estimate of drug-likeness (QED) is 0.833. The van der Waals surface area contributed by atoms with Crippen LogP contribution in [0.4, 0.5) is 0 Å². The largest absolute Gasteiger partial charge is 0.317 e. The van der Waals surface area contributed by atoms with Gasteiger partial charge in [-0.15, -0.1) is 0 Å². The van der Waals surface area contributed by atoms with Crippen molar-refractivity contribution < 1.29 is 0 Å². The van der Waals surface area contributed by atoms with Crippen LogP contribution >= 0.6 is 0 Å². The molecule has 0 unspecified atom stereocenters. The molecule has 1 aromatic rings. The minimum atomic E-state index is 0.858. The van der Waals surface area contributed by atoms with Crippen LogP contribution in [0.2, 0.25) is 0 Å². The average molecular weight is 234 g/mol. The fraction of sp³-hybridized carbons (Fsp3) is 0.692. The van der Waals surface area contributed by atoms with E-state index in [2.05, 4.69) is 27.1 Å². The van der Waals surface area contributed by atoms with E-state index >= 15 is 0 Å². The summed E-state index contributed by atoms with van der Waals surface area (Å²) in [6.07, 6.45) is 6.06. The molecule has 0 saturated carbocycles. The van der Waals surface area contributed by atoms with Crippen LogP contribution in [0.15, 0.2) is 18.6 Å². The zero-order valence-electron chi connectivity index (χ0n) is 10.6. The van der Waals surface area contributed by atoms with Gasteiger partial charge in [0.05, 0.1) is 5.69 Å². The number of nitrogens with zero attached hydrogens (tertiary/aromatic N) is 3. The van der Waals surface area contributed by atoms with E-state index in [1.54, 1.807) is 6.33 Å². The van der Waals surface area contributed by atoms with Crippen molar-refractivity contribution in [2.24, 2.45) is 5.92 Å². The molecule has 94 valence electrons. The van der Waals surface area contributed by atoms with Crippen molar-refractivity contribution in [3.63, 3.8) is 0 Å². The van der Waals surface area contributed by atoms with E-state index in [4.69, 9.17) is 0 Å². The van der Waals surface area contributed by atoms with Gasteiger partial charge in [-0.2, -0.15) is 0 Å². The van der Waals surface area contributed by atoms with Gasteiger partial charge in [0.25, 0.3) is 0 Å². The summed E-state index contributed by atoms with van der Waals surface area (Å²) < 4.78 is 0. The second-order valence-electron chi connectivity index (χ2n) is 4.73. The van der Waals surface area contributed by atoms with Crippen LogP contribution < -0.4 is 5.32 Å². The van der Waals surface area contributed by atoms with Gasteiger partial charge in [0, 0.05) is 12.7 Å². The normalized spacial score (nSPS) is 18.4. The molecule has 1 fully saturated rings. The van der Waals surface area contributed by atoms with E-state index in [1.807, 2.05) is 12.3 Å². The van der Waals surface area contributed by atoms with Gasteiger partial charge in [0.1, 0.15) is 6.33 Å². The summed E-state index contributed by atoms with van der Waals surface area (Å²) in [5.41, 5.74) is 1.13. The second kappa shape index (κ2) is 6.67. The number of nitrogens with one attached hydrogen (secondary N) is 1. The van der Waals surface area contributed by atoms with Crippen molar-refractivity contribution >= 4 is 0 Å². The third-order valence-electron chi connectivity index (χ3n) is 3.42.